The van der Waals surface area contributed by atoms with E-state index in [1.807, 2.05) is 0 Å². The molecule has 2 aromatic carbocycles. The SMILES string of the molecule is O=C(Nc1cccc(Br)c1)OCc1cnc(-c2cc3nc(C(=O)O)c(=O)[nH]c3cc2[N+](=O)[O-])[nH]1. The van der Waals surface area contributed by atoms with Crippen LogP contribution in [0.2, 0.25) is 0 Å². The van der Waals surface area contributed by atoms with Crippen LogP contribution in [0.3, 0.4) is 0 Å². The van der Waals surface area contributed by atoms with Crippen LogP contribution in [0.15, 0.2) is 51.9 Å². The van der Waals surface area contributed by atoms with E-state index in [-0.39, 0.29) is 29.0 Å². The molecule has 0 radical (unpaired) electrons. The Labute approximate surface area is 197 Å². The number of carbonyl (C=O) groups is 2. The van der Waals surface area contributed by atoms with Crippen molar-refractivity contribution in [3.63, 3.8) is 0 Å². The number of hydrogen-bond donors (Lipinski definition) is 4. The first-order valence-corrected chi connectivity index (χ1v) is 10.2. The monoisotopic (exact) mass is 528 g/mol. The number of halogens is 1. The number of nitrogens with one attached hydrogen (secondary N) is 3. The van der Waals surface area contributed by atoms with Gasteiger partial charge in [-0.15, -0.1) is 0 Å². The van der Waals surface area contributed by atoms with E-state index in [0.717, 1.165) is 10.5 Å². The van der Waals surface area contributed by atoms with Gasteiger partial charge in [0.25, 0.3) is 11.2 Å². The van der Waals surface area contributed by atoms with E-state index >= 15 is 0 Å². The minimum Gasteiger partial charge on any atom is -0.476 e. The average molecular weight is 529 g/mol. The molecule has 172 valence electrons. The van der Waals surface area contributed by atoms with E-state index in [0.29, 0.717) is 11.4 Å². The average Bonchev–Trinajstić information content (AvgIpc) is 3.25. The molecule has 0 bridgehead atoms. The van der Waals surface area contributed by atoms with Crippen molar-refractivity contribution >= 4 is 50.4 Å². The quantitative estimate of drug-likeness (QED) is 0.214. The van der Waals surface area contributed by atoms with Crippen LogP contribution < -0.4 is 10.9 Å². The largest absolute Gasteiger partial charge is 0.476 e. The molecule has 0 unspecified atom stereocenters. The lowest BCUT2D eigenvalue weighted by atomic mass is 10.1. The molecule has 0 spiro atoms. The molecule has 0 saturated heterocycles. The van der Waals surface area contributed by atoms with Crippen molar-refractivity contribution in [2.24, 2.45) is 0 Å². The highest BCUT2D eigenvalue weighted by Crippen LogP contribution is 2.31. The van der Waals surface area contributed by atoms with Gasteiger partial charge in [0, 0.05) is 16.2 Å². The lowest BCUT2D eigenvalue weighted by Crippen LogP contribution is -2.19. The summed E-state index contributed by atoms with van der Waals surface area (Å²) in [5.74, 6) is -1.48. The van der Waals surface area contributed by atoms with E-state index in [1.54, 1.807) is 24.3 Å². The van der Waals surface area contributed by atoms with Gasteiger partial charge in [-0.05, 0) is 24.3 Å². The maximum atomic E-state index is 12.0. The Bertz CT molecular complexity index is 1510. The molecule has 0 saturated carbocycles. The molecule has 4 rings (SSSR count). The number of amides is 1. The van der Waals surface area contributed by atoms with Crippen molar-refractivity contribution in [1.82, 2.24) is 19.9 Å². The number of benzene rings is 2. The van der Waals surface area contributed by atoms with Crippen LogP contribution in [0.1, 0.15) is 16.2 Å². The smallest absolute Gasteiger partial charge is 0.412 e. The third-order valence-corrected chi connectivity index (χ3v) is 5.02. The minimum atomic E-state index is -1.54. The maximum Gasteiger partial charge on any atom is 0.412 e. The number of imidazole rings is 1. The number of carboxylic acids is 1. The molecule has 4 aromatic rings. The van der Waals surface area contributed by atoms with Gasteiger partial charge in [-0.2, -0.15) is 0 Å². The number of aromatic nitrogens is 4. The van der Waals surface area contributed by atoms with Crippen LogP contribution in [0, 0.1) is 10.1 Å². The van der Waals surface area contributed by atoms with Gasteiger partial charge in [-0.1, -0.05) is 22.0 Å². The summed E-state index contributed by atoms with van der Waals surface area (Å²) in [4.78, 5) is 58.9. The zero-order valence-electron chi connectivity index (χ0n) is 16.9. The number of ether oxygens (including phenoxy) is 1. The standard InChI is InChI=1S/C20H13BrN6O7/c21-9-2-1-3-10(4-9)24-20(31)34-8-11-7-22-17(23-11)12-5-13-14(6-15(12)27(32)33)26-18(28)16(25-13)19(29)30/h1-7H,8H2,(H,22,23)(H,24,31)(H,26,28)(H,29,30). The van der Waals surface area contributed by atoms with Crippen LogP contribution in [-0.2, 0) is 11.3 Å². The van der Waals surface area contributed by atoms with Gasteiger partial charge in [-0.3, -0.25) is 20.2 Å². The van der Waals surface area contributed by atoms with Gasteiger partial charge in [0.05, 0.1) is 33.4 Å². The lowest BCUT2D eigenvalue weighted by Gasteiger charge is -2.06. The zero-order valence-corrected chi connectivity index (χ0v) is 18.5. The fraction of sp³-hybridized carbons (Fsp3) is 0.0500. The fourth-order valence-electron chi connectivity index (χ4n) is 3.04. The van der Waals surface area contributed by atoms with Crippen LogP contribution in [0.5, 0.6) is 0 Å². The first-order chi connectivity index (χ1) is 16.2. The van der Waals surface area contributed by atoms with E-state index in [2.05, 4.69) is 41.2 Å². The molecular weight excluding hydrogens is 516 g/mol. The number of anilines is 1. The second-order valence-corrected chi connectivity index (χ2v) is 7.75. The molecule has 0 atom stereocenters. The fourth-order valence-corrected chi connectivity index (χ4v) is 3.44. The molecule has 2 aromatic heterocycles. The van der Waals surface area contributed by atoms with Crippen LogP contribution in [0.4, 0.5) is 16.2 Å². The Morgan fingerprint density at radius 1 is 1.24 bits per heavy atom. The number of carbonyl (C=O) groups excluding carboxylic acids is 1. The zero-order chi connectivity index (χ0) is 24.4. The molecule has 1 amide bonds. The molecule has 4 N–H and O–H groups in total. The molecule has 2 heterocycles. The maximum absolute atomic E-state index is 12.0. The molecule has 0 aliphatic carbocycles. The van der Waals surface area contributed by atoms with Gasteiger partial charge in [0.1, 0.15) is 12.4 Å². The summed E-state index contributed by atoms with van der Waals surface area (Å²) < 4.78 is 5.91. The number of H-pyrrole nitrogens is 2. The number of hydrogen-bond acceptors (Lipinski definition) is 8. The Morgan fingerprint density at radius 2 is 2.03 bits per heavy atom. The third-order valence-electron chi connectivity index (χ3n) is 4.52. The van der Waals surface area contributed by atoms with Crippen molar-refractivity contribution in [3.8, 4) is 11.4 Å². The van der Waals surface area contributed by atoms with Gasteiger partial charge in [-0.25, -0.2) is 19.6 Å². The molecule has 34 heavy (non-hydrogen) atoms. The normalized spacial score (nSPS) is 10.7. The molecule has 14 heteroatoms. The second kappa shape index (κ2) is 9.11. The van der Waals surface area contributed by atoms with Crippen molar-refractivity contribution in [1.29, 1.82) is 0 Å². The molecule has 13 nitrogen and oxygen atoms in total. The molecule has 0 aliphatic heterocycles. The van der Waals surface area contributed by atoms with Gasteiger partial charge in [0.2, 0.25) is 5.69 Å². The van der Waals surface area contributed by atoms with Crippen molar-refractivity contribution < 1.29 is 24.4 Å². The number of aromatic amines is 2. The van der Waals surface area contributed by atoms with Crippen molar-refractivity contribution in [2.75, 3.05) is 5.32 Å². The first kappa shape index (κ1) is 22.6. The van der Waals surface area contributed by atoms with Gasteiger partial charge in [0.15, 0.2) is 0 Å². The number of carboxylic acid groups (broad SMARTS) is 1. The first-order valence-electron chi connectivity index (χ1n) is 9.40. The van der Waals surface area contributed by atoms with Gasteiger partial charge >= 0.3 is 12.1 Å². The van der Waals surface area contributed by atoms with Crippen LogP contribution in [0.25, 0.3) is 22.4 Å². The summed E-state index contributed by atoms with van der Waals surface area (Å²) in [7, 11) is 0. The van der Waals surface area contributed by atoms with E-state index in [1.165, 1.54) is 12.3 Å². The Hall–Kier alpha value is -4.59. The predicted molar refractivity (Wildman–Crippen MR) is 122 cm³/mol. The summed E-state index contributed by atoms with van der Waals surface area (Å²) >= 11 is 3.29. The van der Waals surface area contributed by atoms with Crippen molar-refractivity contribution in [2.45, 2.75) is 6.61 Å². The minimum absolute atomic E-state index is 0.00164. The molecule has 0 fully saturated rings. The van der Waals surface area contributed by atoms with Crippen molar-refractivity contribution in [3.05, 3.63) is 78.9 Å². The lowest BCUT2D eigenvalue weighted by molar-refractivity contribution is -0.384. The number of nitro groups is 1. The number of nitro benzene ring substituents is 1. The topological polar surface area (TPSA) is 193 Å². The number of nitrogens with zero attached hydrogens (tertiary/aromatic N) is 3. The highest BCUT2D eigenvalue weighted by molar-refractivity contribution is 9.10. The van der Waals surface area contributed by atoms with Crippen LogP contribution in [-0.4, -0.2) is 42.0 Å². The Balaban J connectivity index is 1.59. The Kier molecular flexibility index (Phi) is 6.05. The van der Waals surface area contributed by atoms with Gasteiger partial charge < -0.3 is 19.8 Å². The summed E-state index contributed by atoms with van der Waals surface area (Å²) in [5, 5.41) is 23.3. The summed E-state index contributed by atoms with van der Waals surface area (Å²) in [6.07, 6.45) is 0.610. The number of aromatic carboxylic acids is 1. The predicted octanol–water partition coefficient (Wildman–Crippen LogP) is 3.43. The molecular formula is C20H13BrN6O7. The second-order valence-electron chi connectivity index (χ2n) is 6.83. The highest BCUT2D eigenvalue weighted by Gasteiger charge is 2.22. The van der Waals surface area contributed by atoms with E-state index < -0.39 is 33.9 Å². The summed E-state index contributed by atoms with van der Waals surface area (Å²) in [6, 6.07) is 9.20. The van der Waals surface area contributed by atoms with Crippen LogP contribution >= 0.6 is 15.9 Å². The summed E-state index contributed by atoms with van der Waals surface area (Å²) in [5.41, 5.74) is -1.28. The number of rotatable bonds is 6. The van der Waals surface area contributed by atoms with E-state index in [4.69, 9.17) is 9.84 Å². The molecule has 0 aliphatic rings. The Morgan fingerprint density at radius 3 is 2.74 bits per heavy atom. The highest BCUT2D eigenvalue weighted by atomic mass is 79.9. The number of fused-ring (bicyclic) bond motifs is 1. The third kappa shape index (κ3) is 4.75. The summed E-state index contributed by atoms with van der Waals surface area (Å²) in [6.45, 7) is -0.205. The van der Waals surface area contributed by atoms with E-state index in [9.17, 15) is 24.5 Å².